The van der Waals surface area contributed by atoms with Gasteiger partial charge >= 0.3 is 0 Å². The Morgan fingerprint density at radius 1 is 1.50 bits per heavy atom. The van der Waals surface area contributed by atoms with Crippen LogP contribution >= 0.6 is 0 Å². The minimum absolute atomic E-state index is 0.490. The standard InChI is InChI=1S/C9H14O/c1-7-5-8-3-2-4-9(8)6-10-7/h2-3,7-9H,4-6H2,1H3. The highest BCUT2D eigenvalue weighted by atomic mass is 16.5. The smallest absolute Gasteiger partial charge is 0.0552 e. The predicted molar refractivity (Wildman–Crippen MR) is 40.8 cm³/mol. The summed E-state index contributed by atoms with van der Waals surface area (Å²) >= 11 is 0. The molecule has 2 rings (SSSR count). The van der Waals surface area contributed by atoms with Crippen LogP contribution in [0.15, 0.2) is 12.2 Å². The lowest BCUT2D eigenvalue weighted by Gasteiger charge is -2.29. The molecule has 0 aromatic rings. The third-order valence-electron chi connectivity index (χ3n) is 2.63. The number of ether oxygens (including phenoxy) is 1. The van der Waals surface area contributed by atoms with E-state index in [1.54, 1.807) is 0 Å². The molecule has 1 aliphatic heterocycles. The van der Waals surface area contributed by atoms with Gasteiger partial charge in [0.05, 0.1) is 12.7 Å². The Balaban J connectivity index is 2.01. The summed E-state index contributed by atoms with van der Waals surface area (Å²) in [6.45, 7) is 3.15. The van der Waals surface area contributed by atoms with Crippen molar-refractivity contribution in [2.45, 2.75) is 25.9 Å². The molecule has 0 spiro atoms. The Kier molecular flexibility index (Phi) is 1.53. The van der Waals surface area contributed by atoms with Crippen molar-refractivity contribution in [3.05, 3.63) is 12.2 Å². The molecule has 0 bridgehead atoms. The van der Waals surface area contributed by atoms with Gasteiger partial charge in [-0.3, -0.25) is 0 Å². The van der Waals surface area contributed by atoms with Gasteiger partial charge in [-0.15, -0.1) is 0 Å². The summed E-state index contributed by atoms with van der Waals surface area (Å²) in [6, 6.07) is 0. The summed E-state index contributed by atoms with van der Waals surface area (Å²) in [5, 5.41) is 0. The zero-order chi connectivity index (χ0) is 6.97. The second-order valence-corrected chi connectivity index (χ2v) is 3.47. The van der Waals surface area contributed by atoms with Gasteiger partial charge in [0.15, 0.2) is 0 Å². The summed E-state index contributed by atoms with van der Waals surface area (Å²) in [5.74, 6) is 1.65. The van der Waals surface area contributed by atoms with Gasteiger partial charge in [0, 0.05) is 0 Å². The minimum Gasteiger partial charge on any atom is -0.378 e. The molecule has 0 amide bonds. The molecule has 1 saturated heterocycles. The van der Waals surface area contributed by atoms with Gasteiger partial charge in [-0.05, 0) is 31.6 Å². The normalized spacial score (nSPS) is 45.5. The van der Waals surface area contributed by atoms with E-state index in [2.05, 4.69) is 19.1 Å². The van der Waals surface area contributed by atoms with E-state index in [1.807, 2.05) is 0 Å². The van der Waals surface area contributed by atoms with E-state index in [1.165, 1.54) is 12.8 Å². The summed E-state index contributed by atoms with van der Waals surface area (Å²) in [5.41, 5.74) is 0. The van der Waals surface area contributed by atoms with Crippen molar-refractivity contribution in [1.82, 2.24) is 0 Å². The second kappa shape index (κ2) is 2.39. The zero-order valence-corrected chi connectivity index (χ0v) is 6.42. The first-order valence-corrected chi connectivity index (χ1v) is 4.14. The van der Waals surface area contributed by atoms with Crippen molar-refractivity contribution < 1.29 is 4.74 Å². The molecule has 1 aliphatic carbocycles. The van der Waals surface area contributed by atoms with Gasteiger partial charge < -0.3 is 4.74 Å². The SMILES string of the molecule is CC1CC2C=CCC2CO1. The highest BCUT2D eigenvalue weighted by molar-refractivity contribution is 5.02. The van der Waals surface area contributed by atoms with E-state index < -0.39 is 0 Å². The molecule has 0 N–H and O–H groups in total. The average Bonchev–Trinajstić information content (AvgIpc) is 2.33. The number of hydrogen-bond acceptors (Lipinski definition) is 1. The van der Waals surface area contributed by atoms with E-state index in [0.717, 1.165) is 18.4 Å². The minimum atomic E-state index is 0.490. The molecule has 1 heteroatoms. The molecule has 0 aromatic heterocycles. The number of rotatable bonds is 0. The molecule has 10 heavy (non-hydrogen) atoms. The highest BCUT2D eigenvalue weighted by Gasteiger charge is 2.29. The van der Waals surface area contributed by atoms with Crippen molar-refractivity contribution in [3.8, 4) is 0 Å². The second-order valence-electron chi connectivity index (χ2n) is 3.47. The fourth-order valence-electron chi connectivity index (χ4n) is 1.96. The average molecular weight is 138 g/mol. The van der Waals surface area contributed by atoms with Crippen molar-refractivity contribution in [1.29, 1.82) is 0 Å². The molecule has 1 heterocycles. The summed E-state index contributed by atoms with van der Waals surface area (Å²) in [6.07, 6.45) is 7.64. The first-order chi connectivity index (χ1) is 4.86. The van der Waals surface area contributed by atoms with Crippen molar-refractivity contribution in [3.63, 3.8) is 0 Å². The van der Waals surface area contributed by atoms with Crippen LogP contribution in [0, 0.1) is 11.8 Å². The maximum Gasteiger partial charge on any atom is 0.0552 e. The van der Waals surface area contributed by atoms with Gasteiger partial charge in [-0.25, -0.2) is 0 Å². The van der Waals surface area contributed by atoms with Gasteiger partial charge in [0.1, 0.15) is 0 Å². The Morgan fingerprint density at radius 2 is 2.40 bits per heavy atom. The number of fused-ring (bicyclic) bond motifs is 1. The van der Waals surface area contributed by atoms with Crippen LogP contribution in [0.4, 0.5) is 0 Å². The predicted octanol–water partition coefficient (Wildman–Crippen LogP) is 1.99. The van der Waals surface area contributed by atoms with E-state index >= 15 is 0 Å². The van der Waals surface area contributed by atoms with E-state index in [9.17, 15) is 0 Å². The quantitative estimate of drug-likeness (QED) is 0.465. The number of allylic oxidation sites excluding steroid dienone is 2. The maximum atomic E-state index is 5.55. The lowest BCUT2D eigenvalue weighted by atomic mass is 9.89. The van der Waals surface area contributed by atoms with E-state index in [0.29, 0.717) is 6.10 Å². The molecule has 0 aromatic carbocycles. The van der Waals surface area contributed by atoms with Crippen LogP contribution in [-0.4, -0.2) is 12.7 Å². The molecule has 1 fully saturated rings. The Hall–Kier alpha value is -0.300. The molecule has 3 atom stereocenters. The topological polar surface area (TPSA) is 9.23 Å². The first kappa shape index (κ1) is 6.41. The molecule has 1 nitrogen and oxygen atoms in total. The molecule has 0 radical (unpaired) electrons. The molecule has 0 saturated carbocycles. The summed E-state index contributed by atoms with van der Waals surface area (Å²) in [4.78, 5) is 0. The Morgan fingerprint density at radius 3 is 3.30 bits per heavy atom. The molecule has 2 aliphatic rings. The molecular weight excluding hydrogens is 124 g/mol. The van der Waals surface area contributed by atoms with Crippen LogP contribution in [0.1, 0.15) is 19.8 Å². The van der Waals surface area contributed by atoms with Gasteiger partial charge in [-0.2, -0.15) is 0 Å². The lowest BCUT2D eigenvalue weighted by Crippen LogP contribution is -2.28. The fourth-order valence-corrected chi connectivity index (χ4v) is 1.96. The molecule has 3 unspecified atom stereocenters. The molecule has 56 valence electrons. The van der Waals surface area contributed by atoms with Gasteiger partial charge in [0.2, 0.25) is 0 Å². The van der Waals surface area contributed by atoms with Crippen molar-refractivity contribution >= 4 is 0 Å². The zero-order valence-electron chi connectivity index (χ0n) is 6.42. The number of hydrogen-bond donors (Lipinski definition) is 0. The lowest BCUT2D eigenvalue weighted by molar-refractivity contribution is -0.0200. The van der Waals surface area contributed by atoms with E-state index in [4.69, 9.17) is 4.74 Å². The van der Waals surface area contributed by atoms with Gasteiger partial charge in [-0.1, -0.05) is 12.2 Å². The van der Waals surface area contributed by atoms with Crippen LogP contribution in [0.2, 0.25) is 0 Å². The Labute approximate surface area is 62.1 Å². The van der Waals surface area contributed by atoms with Crippen LogP contribution in [-0.2, 0) is 4.74 Å². The van der Waals surface area contributed by atoms with Crippen LogP contribution in [0.3, 0.4) is 0 Å². The largest absolute Gasteiger partial charge is 0.378 e. The molecular formula is C9H14O. The van der Waals surface area contributed by atoms with Crippen molar-refractivity contribution in [2.24, 2.45) is 11.8 Å². The van der Waals surface area contributed by atoms with Crippen LogP contribution < -0.4 is 0 Å². The van der Waals surface area contributed by atoms with Crippen LogP contribution in [0.5, 0.6) is 0 Å². The Bertz CT molecular complexity index is 151. The third kappa shape index (κ3) is 0.988. The summed E-state index contributed by atoms with van der Waals surface area (Å²) < 4.78 is 5.55. The van der Waals surface area contributed by atoms with Crippen molar-refractivity contribution in [2.75, 3.05) is 6.61 Å². The fraction of sp³-hybridized carbons (Fsp3) is 0.778. The third-order valence-corrected chi connectivity index (χ3v) is 2.63. The van der Waals surface area contributed by atoms with Crippen LogP contribution in [0.25, 0.3) is 0 Å². The van der Waals surface area contributed by atoms with E-state index in [-0.39, 0.29) is 0 Å². The monoisotopic (exact) mass is 138 g/mol. The summed E-state index contributed by atoms with van der Waals surface area (Å²) in [7, 11) is 0. The highest BCUT2D eigenvalue weighted by Crippen LogP contribution is 2.33. The maximum absolute atomic E-state index is 5.55. The first-order valence-electron chi connectivity index (χ1n) is 4.14. The van der Waals surface area contributed by atoms with Gasteiger partial charge in [0.25, 0.3) is 0 Å².